The van der Waals surface area contributed by atoms with Crippen LogP contribution in [-0.2, 0) is 14.8 Å². The summed E-state index contributed by atoms with van der Waals surface area (Å²) in [5, 5.41) is 8.81. The van der Waals surface area contributed by atoms with E-state index >= 15 is 0 Å². The van der Waals surface area contributed by atoms with Crippen LogP contribution in [-0.4, -0.2) is 30.3 Å². The molecule has 0 radical (unpaired) electrons. The average molecular weight is 249 g/mol. The van der Waals surface area contributed by atoms with Gasteiger partial charge in [-0.05, 0) is 40.0 Å². The van der Waals surface area contributed by atoms with Gasteiger partial charge < -0.3 is 5.11 Å². The fourth-order valence-corrected chi connectivity index (χ4v) is 2.72. The van der Waals surface area contributed by atoms with Crippen LogP contribution < -0.4 is 4.72 Å². The van der Waals surface area contributed by atoms with Crippen molar-refractivity contribution in [3.8, 4) is 0 Å². The van der Waals surface area contributed by atoms with Crippen LogP contribution in [0.5, 0.6) is 0 Å². The summed E-state index contributed by atoms with van der Waals surface area (Å²) in [6, 6.07) is -0.231. The molecule has 94 valence electrons. The Bertz CT molecular complexity index is 369. The van der Waals surface area contributed by atoms with Gasteiger partial charge in [0.05, 0.1) is 10.7 Å². The molecule has 2 atom stereocenters. The van der Waals surface area contributed by atoms with E-state index in [0.717, 1.165) is 0 Å². The van der Waals surface area contributed by atoms with E-state index in [0.29, 0.717) is 19.3 Å². The molecule has 5 nitrogen and oxygen atoms in total. The van der Waals surface area contributed by atoms with Crippen LogP contribution >= 0.6 is 0 Å². The molecule has 0 unspecified atom stereocenters. The van der Waals surface area contributed by atoms with E-state index in [9.17, 15) is 13.2 Å². The normalized spacial score (nSPS) is 26.9. The van der Waals surface area contributed by atoms with Gasteiger partial charge in [0.2, 0.25) is 10.0 Å². The second-order valence-electron chi connectivity index (χ2n) is 5.28. The van der Waals surface area contributed by atoms with Crippen molar-refractivity contribution in [2.75, 3.05) is 0 Å². The molecule has 16 heavy (non-hydrogen) atoms. The molecule has 1 aliphatic rings. The van der Waals surface area contributed by atoms with E-state index in [1.54, 1.807) is 20.8 Å². The van der Waals surface area contributed by atoms with Crippen LogP contribution in [0.1, 0.15) is 40.0 Å². The lowest BCUT2D eigenvalue weighted by Gasteiger charge is -2.22. The van der Waals surface area contributed by atoms with Crippen molar-refractivity contribution in [1.82, 2.24) is 4.72 Å². The fourth-order valence-electron chi connectivity index (χ4n) is 1.71. The van der Waals surface area contributed by atoms with Gasteiger partial charge in [-0.25, -0.2) is 13.1 Å². The third-order valence-electron chi connectivity index (χ3n) is 2.91. The Morgan fingerprint density at radius 3 is 2.25 bits per heavy atom. The zero-order valence-electron chi connectivity index (χ0n) is 9.86. The quantitative estimate of drug-likeness (QED) is 0.780. The Labute approximate surface area is 96.3 Å². The van der Waals surface area contributed by atoms with E-state index in [1.165, 1.54) is 0 Å². The minimum atomic E-state index is -3.37. The summed E-state index contributed by atoms with van der Waals surface area (Å²) in [4.78, 5) is 10.7. The molecule has 6 heteroatoms. The maximum absolute atomic E-state index is 11.8. The van der Waals surface area contributed by atoms with Crippen molar-refractivity contribution in [3.05, 3.63) is 0 Å². The lowest BCUT2D eigenvalue weighted by atomic mass is 10.1. The lowest BCUT2D eigenvalue weighted by Crippen LogP contribution is -2.43. The first-order valence-corrected chi connectivity index (χ1v) is 6.86. The number of sulfonamides is 1. The third kappa shape index (κ3) is 2.95. The van der Waals surface area contributed by atoms with Gasteiger partial charge in [0.25, 0.3) is 0 Å². The van der Waals surface area contributed by atoms with Crippen LogP contribution in [0, 0.1) is 5.92 Å². The number of carbonyl (C=O) groups is 1. The number of hydrogen-bond donors (Lipinski definition) is 2. The topological polar surface area (TPSA) is 83.5 Å². The molecule has 0 aromatic heterocycles. The Morgan fingerprint density at radius 2 is 1.88 bits per heavy atom. The number of aliphatic carboxylic acids is 1. The lowest BCUT2D eigenvalue weighted by molar-refractivity contribution is -0.141. The molecule has 0 saturated heterocycles. The zero-order chi connectivity index (χ0) is 12.6. The molecule has 0 spiro atoms. The number of carboxylic acids is 1. The van der Waals surface area contributed by atoms with Crippen LogP contribution in [0.15, 0.2) is 0 Å². The summed E-state index contributed by atoms with van der Waals surface area (Å²) in [6.07, 6.45) is 1.55. The highest BCUT2D eigenvalue weighted by Gasteiger charge is 2.36. The van der Waals surface area contributed by atoms with Gasteiger partial charge in [-0.1, -0.05) is 0 Å². The predicted octanol–water partition coefficient (Wildman–Crippen LogP) is 0.958. The molecule has 1 fully saturated rings. The Hall–Kier alpha value is -0.620. The fraction of sp³-hybridized carbons (Fsp3) is 0.900. The molecule has 0 aliphatic heterocycles. The second kappa shape index (κ2) is 4.33. The van der Waals surface area contributed by atoms with Crippen LogP contribution in [0.25, 0.3) is 0 Å². The van der Waals surface area contributed by atoms with E-state index < -0.39 is 26.7 Å². The summed E-state index contributed by atoms with van der Waals surface area (Å²) in [6.45, 7) is 4.87. The average Bonchev–Trinajstić information content (AvgIpc) is 2.49. The molecular formula is C10H19NO4S. The van der Waals surface area contributed by atoms with Crippen molar-refractivity contribution >= 4 is 16.0 Å². The first kappa shape index (κ1) is 13.4. The molecule has 0 aromatic carbocycles. The summed E-state index contributed by atoms with van der Waals surface area (Å²) < 4.78 is 25.4. The van der Waals surface area contributed by atoms with E-state index in [2.05, 4.69) is 4.72 Å². The van der Waals surface area contributed by atoms with Gasteiger partial charge in [0.15, 0.2) is 0 Å². The van der Waals surface area contributed by atoms with Gasteiger partial charge in [0, 0.05) is 6.04 Å². The van der Waals surface area contributed by atoms with Crippen LogP contribution in [0.3, 0.4) is 0 Å². The number of hydrogen-bond acceptors (Lipinski definition) is 3. The third-order valence-corrected chi connectivity index (χ3v) is 5.17. The molecule has 2 N–H and O–H groups in total. The summed E-state index contributed by atoms with van der Waals surface area (Å²) >= 11 is 0. The zero-order valence-corrected chi connectivity index (χ0v) is 10.7. The molecular weight excluding hydrogens is 230 g/mol. The molecule has 0 aromatic rings. The largest absolute Gasteiger partial charge is 0.481 e. The van der Waals surface area contributed by atoms with Gasteiger partial charge in [-0.2, -0.15) is 0 Å². The van der Waals surface area contributed by atoms with Gasteiger partial charge >= 0.3 is 5.97 Å². The van der Waals surface area contributed by atoms with Gasteiger partial charge in [-0.3, -0.25) is 4.79 Å². The van der Waals surface area contributed by atoms with E-state index in [-0.39, 0.29) is 6.04 Å². The van der Waals surface area contributed by atoms with Crippen molar-refractivity contribution in [2.45, 2.75) is 50.8 Å². The summed E-state index contributed by atoms with van der Waals surface area (Å²) in [7, 11) is -3.37. The summed E-state index contributed by atoms with van der Waals surface area (Å²) in [5.41, 5.74) is 0. The highest BCUT2D eigenvalue weighted by atomic mass is 32.2. The van der Waals surface area contributed by atoms with Crippen molar-refractivity contribution in [2.24, 2.45) is 5.92 Å². The maximum atomic E-state index is 11.8. The van der Waals surface area contributed by atoms with Crippen LogP contribution in [0.2, 0.25) is 0 Å². The van der Waals surface area contributed by atoms with Gasteiger partial charge in [-0.15, -0.1) is 0 Å². The first-order chi connectivity index (χ1) is 7.13. The predicted molar refractivity (Wildman–Crippen MR) is 60.6 cm³/mol. The summed E-state index contributed by atoms with van der Waals surface area (Å²) in [5.74, 6) is -1.25. The highest BCUT2D eigenvalue weighted by Crippen LogP contribution is 2.27. The van der Waals surface area contributed by atoms with Crippen molar-refractivity contribution in [3.63, 3.8) is 0 Å². The molecule has 0 bridgehead atoms. The molecule has 0 heterocycles. The van der Waals surface area contributed by atoms with Gasteiger partial charge in [0.1, 0.15) is 0 Å². The number of rotatable bonds is 3. The van der Waals surface area contributed by atoms with E-state index in [4.69, 9.17) is 5.11 Å². The molecule has 1 rings (SSSR count). The SMILES string of the molecule is CC(C)(C)S(=O)(=O)N[C@H]1CC[C@@H](C(=O)O)C1. The second-order valence-corrected chi connectivity index (χ2v) is 7.75. The van der Waals surface area contributed by atoms with Crippen molar-refractivity contribution in [1.29, 1.82) is 0 Å². The Balaban J connectivity index is 2.62. The minimum Gasteiger partial charge on any atom is -0.481 e. The highest BCUT2D eigenvalue weighted by molar-refractivity contribution is 7.90. The minimum absolute atomic E-state index is 0.231. The smallest absolute Gasteiger partial charge is 0.306 e. The van der Waals surface area contributed by atoms with Crippen LogP contribution in [0.4, 0.5) is 0 Å². The number of carboxylic acid groups (broad SMARTS) is 1. The molecule has 1 aliphatic carbocycles. The monoisotopic (exact) mass is 249 g/mol. The molecule has 1 saturated carbocycles. The standard InChI is InChI=1S/C10H19NO4S/c1-10(2,3)16(14,15)11-8-5-4-7(6-8)9(12)13/h7-8,11H,4-6H2,1-3H3,(H,12,13)/t7-,8+/m1/s1. The Kier molecular flexibility index (Phi) is 3.64. The number of nitrogens with one attached hydrogen (secondary N) is 1. The van der Waals surface area contributed by atoms with E-state index in [1.807, 2.05) is 0 Å². The maximum Gasteiger partial charge on any atom is 0.306 e. The van der Waals surface area contributed by atoms with Crippen molar-refractivity contribution < 1.29 is 18.3 Å². The Morgan fingerprint density at radius 1 is 1.31 bits per heavy atom. The first-order valence-electron chi connectivity index (χ1n) is 5.38. The molecule has 0 amide bonds.